The Kier molecular flexibility index (Phi) is 4.80. The number of thioether (sulfide) groups is 1. The lowest BCUT2D eigenvalue weighted by Crippen LogP contribution is -2.37. The zero-order valence-corrected chi connectivity index (χ0v) is 14.9. The molecule has 2 atom stereocenters. The Morgan fingerprint density at radius 2 is 2.08 bits per heavy atom. The zero-order chi connectivity index (χ0) is 18.4. The van der Waals surface area contributed by atoms with E-state index in [1.807, 2.05) is 0 Å². The summed E-state index contributed by atoms with van der Waals surface area (Å²) in [6.07, 6.45) is -4.53. The lowest BCUT2D eigenvalue weighted by Gasteiger charge is -2.25. The minimum Gasteiger partial charge on any atom is -0.316 e. The van der Waals surface area contributed by atoms with Gasteiger partial charge in [-0.25, -0.2) is 8.42 Å². The van der Waals surface area contributed by atoms with E-state index in [2.05, 4.69) is 4.99 Å². The number of rotatable bonds is 2. The molecule has 2 fully saturated rings. The van der Waals surface area contributed by atoms with Crippen molar-refractivity contribution < 1.29 is 26.4 Å². The van der Waals surface area contributed by atoms with E-state index in [1.165, 1.54) is 17.0 Å². The van der Waals surface area contributed by atoms with Crippen molar-refractivity contribution in [2.75, 3.05) is 22.3 Å². The minimum atomic E-state index is -4.53. The first-order valence-electron chi connectivity index (χ1n) is 7.12. The standard InChI is InChI=1S/C14H12ClF3N2O3S2/c15-5-12(21)19-13-20(10-6-25(22,23)7-11(10)24-13)9-3-1-2-8(4-9)14(16,17)18/h1-4,10-11H,5-7H2/t10-,11+/m0/s1. The summed E-state index contributed by atoms with van der Waals surface area (Å²) >= 11 is 6.53. The van der Waals surface area contributed by atoms with Crippen molar-refractivity contribution in [2.24, 2.45) is 4.99 Å². The number of nitrogens with zero attached hydrogens (tertiary/aromatic N) is 2. The number of alkyl halides is 4. The van der Waals surface area contributed by atoms with Crippen LogP contribution in [-0.4, -0.2) is 48.2 Å². The smallest absolute Gasteiger partial charge is 0.316 e. The van der Waals surface area contributed by atoms with Crippen molar-refractivity contribution in [2.45, 2.75) is 17.5 Å². The molecule has 0 aromatic heterocycles. The number of benzene rings is 1. The number of halogens is 4. The number of fused-ring (bicyclic) bond motifs is 1. The number of carbonyl (C=O) groups excluding carboxylic acids is 1. The highest BCUT2D eigenvalue weighted by molar-refractivity contribution is 8.16. The highest BCUT2D eigenvalue weighted by atomic mass is 35.5. The Bertz CT molecular complexity index is 842. The molecule has 0 unspecified atom stereocenters. The van der Waals surface area contributed by atoms with Crippen molar-refractivity contribution >= 4 is 50.0 Å². The molecule has 0 aliphatic carbocycles. The quantitative estimate of drug-likeness (QED) is 0.698. The van der Waals surface area contributed by atoms with Gasteiger partial charge in [-0.05, 0) is 18.2 Å². The molecule has 1 aromatic carbocycles. The molecule has 0 bridgehead atoms. The maximum absolute atomic E-state index is 13.0. The average molecular weight is 413 g/mol. The molecule has 11 heteroatoms. The molecule has 1 aromatic rings. The zero-order valence-electron chi connectivity index (χ0n) is 12.5. The van der Waals surface area contributed by atoms with Crippen molar-refractivity contribution in [3.05, 3.63) is 29.8 Å². The molecule has 25 heavy (non-hydrogen) atoms. The monoisotopic (exact) mass is 412 g/mol. The number of carbonyl (C=O) groups is 1. The third-order valence-electron chi connectivity index (χ3n) is 3.85. The van der Waals surface area contributed by atoms with Crippen LogP contribution in [0.3, 0.4) is 0 Å². The Morgan fingerprint density at radius 1 is 1.36 bits per heavy atom. The van der Waals surface area contributed by atoms with Crippen LogP contribution in [0.15, 0.2) is 29.3 Å². The van der Waals surface area contributed by atoms with Crippen LogP contribution in [0.1, 0.15) is 5.56 Å². The summed E-state index contributed by atoms with van der Waals surface area (Å²) in [6.45, 7) is 0. The molecular weight excluding hydrogens is 401 g/mol. The van der Waals surface area contributed by atoms with Gasteiger partial charge in [0.05, 0.1) is 23.1 Å². The van der Waals surface area contributed by atoms with Crippen molar-refractivity contribution in [3.63, 3.8) is 0 Å². The molecule has 0 saturated carbocycles. The minimum absolute atomic E-state index is 0.105. The molecule has 0 N–H and O–H groups in total. The van der Waals surface area contributed by atoms with Crippen LogP contribution in [0.2, 0.25) is 0 Å². The van der Waals surface area contributed by atoms with E-state index < -0.39 is 33.5 Å². The normalized spacial score (nSPS) is 26.9. The molecule has 0 spiro atoms. The summed E-state index contributed by atoms with van der Waals surface area (Å²) in [4.78, 5) is 16.8. The lowest BCUT2D eigenvalue weighted by atomic mass is 10.1. The maximum atomic E-state index is 13.0. The number of aliphatic imine (C=N–C) groups is 1. The van der Waals surface area contributed by atoms with Gasteiger partial charge in [-0.15, -0.1) is 11.6 Å². The summed E-state index contributed by atoms with van der Waals surface area (Å²) < 4.78 is 62.7. The van der Waals surface area contributed by atoms with E-state index in [1.54, 1.807) is 0 Å². The van der Waals surface area contributed by atoms with Gasteiger partial charge in [-0.2, -0.15) is 18.2 Å². The molecule has 1 amide bonds. The van der Waals surface area contributed by atoms with E-state index in [-0.39, 0.29) is 33.5 Å². The summed E-state index contributed by atoms with van der Waals surface area (Å²) in [5.41, 5.74) is -0.713. The number of amidine groups is 1. The molecule has 136 valence electrons. The number of hydrogen-bond acceptors (Lipinski definition) is 4. The van der Waals surface area contributed by atoms with Gasteiger partial charge in [0.1, 0.15) is 5.88 Å². The van der Waals surface area contributed by atoms with Gasteiger partial charge in [0.2, 0.25) is 0 Å². The molecule has 3 rings (SSSR count). The SMILES string of the molecule is O=C(CCl)N=C1S[C@@H]2CS(=O)(=O)C[C@@H]2N1c1cccc(C(F)(F)F)c1. The third kappa shape index (κ3) is 3.80. The number of hydrogen-bond donors (Lipinski definition) is 0. The predicted molar refractivity (Wildman–Crippen MR) is 90.9 cm³/mol. The van der Waals surface area contributed by atoms with Crippen LogP contribution in [0.4, 0.5) is 18.9 Å². The van der Waals surface area contributed by atoms with Gasteiger partial charge in [0, 0.05) is 10.9 Å². The van der Waals surface area contributed by atoms with E-state index in [9.17, 15) is 26.4 Å². The van der Waals surface area contributed by atoms with E-state index in [0.29, 0.717) is 0 Å². The van der Waals surface area contributed by atoms with Crippen molar-refractivity contribution in [1.82, 2.24) is 0 Å². The largest absolute Gasteiger partial charge is 0.416 e. The molecule has 0 radical (unpaired) electrons. The van der Waals surface area contributed by atoms with E-state index in [4.69, 9.17) is 11.6 Å². The summed E-state index contributed by atoms with van der Waals surface area (Å²) in [6, 6.07) is 3.95. The van der Waals surface area contributed by atoms with Crippen LogP contribution < -0.4 is 4.90 Å². The maximum Gasteiger partial charge on any atom is 0.416 e. The van der Waals surface area contributed by atoms with Crippen LogP contribution in [0, 0.1) is 0 Å². The topological polar surface area (TPSA) is 66.8 Å². The Hall–Kier alpha value is -1.26. The fourth-order valence-corrected chi connectivity index (χ4v) is 6.83. The first-order valence-corrected chi connectivity index (χ1v) is 10.4. The second kappa shape index (κ2) is 6.48. The van der Waals surface area contributed by atoms with Crippen molar-refractivity contribution in [1.29, 1.82) is 0 Å². The summed E-state index contributed by atoms with van der Waals surface area (Å²) in [7, 11) is -3.29. The van der Waals surface area contributed by atoms with E-state index in [0.717, 1.165) is 23.9 Å². The van der Waals surface area contributed by atoms with Gasteiger partial charge in [-0.1, -0.05) is 17.8 Å². The third-order valence-corrected chi connectivity index (χ3v) is 7.29. The van der Waals surface area contributed by atoms with Crippen LogP contribution in [-0.2, 0) is 20.8 Å². The van der Waals surface area contributed by atoms with Crippen LogP contribution in [0.5, 0.6) is 0 Å². The molecule has 2 aliphatic rings. The highest BCUT2D eigenvalue weighted by Crippen LogP contribution is 2.42. The Balaban J connectivity index is 2.05. The first kappa shape index (κ1) is 18.5. The highest BCUT2D eigenvalue weighted by Gasteiger charge is 2.49. The summed E-state index contributed by atoms with van der Waals surface area (Å²) in [5.74, 6) is -1.31. The molecule has 2 heterocycles. The lowest BCUT2D eigenvalue weighted by molar-refractivity contribution is -0.137. The average Bonchev–Trinajstić information content (AvgIpc) is 2.97. The Labute approximate surface area is 151 Å². The predicted octanol–water partition coefficient (Wildman–Crippen LogP) is 2.55. The molecule has 2 aliphatic heterocycles. The first-order chi connectivity index (χ1) is 11.6. The molecule has 2 saturated heterocycles. The molecule has 5 nitrogen and oxygen atoms in total. The van der Waals surface area contributed by atoms with Gasteiger partial charge in [0.15, 0.2) is 15.0 Å². The van der Waals surface area contributed by atoms with Crippen molar-refractivity contribution in [3.8, 4) is 0 Å². The number of sulfone groups is 1. The second-order valence-electron chi connectivity index (χ2n) is 5.64. The molecular formula is C14H12ClF3N2O3S2. The van der Waals surface area contributed by atoms with Gasteiger partial charge < -0.3 is 4.90 Å². The van der Waals surface area contributed by atoms with E-state index >= 15 is 0 Å². The van der Waals surface area contributed by atoms with Gasteiger partial charge >= 0.3 is 6.18 Å². The van der Waals surface area contributed by atoms with Crippen LogP contribution in [0.25, 0.3) is 0 Å². The summed E-state index contributed by atoms with van der Waals surface area (Å²) in [5, 5.41) is -0.212. The fraction of sp³-hybridized carbons (Fsp3) is 0.429. The number of amides is 1. The Morgan fingerprint density at radius 3 is 2.72 bits per heavy atom. The van der Waals surface area contributed by atoms with Gasteiger partial charge in [-0.3, -0.25) is 4.79 Å². The second-order valence-corrected chi connectivity index (χ2v) is 9.27. The fourth-order valence-electron chi connectivity index (χ4n) is 2.84. The number of anilines is 1. The van der Waals surface area contributed by atoms with Gasteiger partial charge in [0.25, 0.3) is 5.91 Å². The van der Waals surface area contributed by atoms with Crippen LogP contribution >= 0.6 is 23.4 Å².